The lowest BCUT2D eigenvalue weighted by Crippen LogP contribution is -2.15. The van der Waals surface area contributed by atoms with Crippen molar-refractivity contribution >= 4 is 34.0 Å². The number of carbonyl (C=O) groups excluding carboxylic acids is 1. The summed E-state index contributed by atoms with van der Waals surface area (Å²) < 4.78 is 5.52. The molecule has 23 heavy (non-hydrogen) atoms. The second-order valence-corrected chi connectivity index (χ2v) is 5.34. The molecule has 1 N–H and O–H groups in total. The molecule has 0 saturated carbocycles. The van der Waals surface area contributed by atoms with Gasteiger partial charge in [0.2, 0.25) is 0 Å². The van der Waals surface area contributed by atoms with Gasteiger partial charge in [-0.2, -0.15) is 0 Å². The normalized spacial score (nSPS) is 10.5. The Morgan fingerprint density at radius 3 is 2.87 bits per heavy atom. The predicted molar refractivity (Wildman–Crippen MR) is 92.3 cm³/mol. The smallest absolute Gasteiger partial charge is 0.275 e. The standard InChI is InChI=1S/C18H15ClN2O2/c1-2-23-16-8-7-13(19)11-15(16)21-18(22)17-14-6-4-3-5-12(14)9-10-20-17/h3-11H,2H2,1H3,(H,21,22). The van der Waals surface area contributed by atoms with Crippen molar-refractivity contribution < 1.29 is 9.53 Å². The monoisotopic (exact) mass is 326 g/mol. The molecule has 0 atom stereocenters. The van der Waals surface area contributed by atoms with E-state index in [0.29, 0.717) is 28.8 Å². The molecule has 1 amide bonds. The maximum atomic E-state index is 12.6. The minimum atomic E-state index is -0.301. The van der Waals surface area contributed by atoms with Gasteiger partial charge in [-0.25, -0.2) is 0 Å². The van der Waals surface area contributed by atoms with E-state index in [1.54, 1.807) is 24.4 Å². The molecule has 0 saturated heterocycles. The topological polar surface area (TPSA) is 51.2 Å². The Bertz CT molecular complexity index is 859. The van der Waals surface area contributed by atoms with Crippen LogP contribution in [-0.4, -0.2) is 17.5 Å². The minimum absolute atomic E-state index is 0.301. The molecule has 0 aliphatic carbocycles. The summed E-state index contributed by atoms with van der Waals surface area (Å²) in [7, 11) is 0. The molecule has 2 aromatic carbocycles. The van der Waals surface area contributed by atoms with Gasteiger partial charge in [-0.3, -0.25) is 9.78 Å². The lowest BCUT2D eigenvalue weighted by Gasteiger charge is -2.12. The lowest BCUT2D eigenvalue weighted by molar-refractivity contribution is 0.102. The highest BCUT2D eigenvalue weighted by atomic mass is 35.5. The average molecular weight is 327 g/mol. The van der Waals surface area contributed by atoms with Crippen molar-refractivity contribution in [2.24, 2.45) is 0 Å². The van der Waals surface area contributed by atoms with E-state index in [-0.39, 0.29) is 5.91 Å². The van der Waals surface area contributed by atoms with Gasteiger partial charge in [0.1, 0.15) is 11.4 Å². The number of rotatable bonds is 4. The summed E-state index contributed by atoms with van der Waals surface area (Å²) in [4.78, 5) is 16.8. The summed E-state index contributed by atoms with van der Waals surface area (Å²) in [6.45, 7) is 2.38. The third kappa shape index (κ3) is 3.27. The number of aromatic nitrogens is 1. The fourth-order valence-electron chi connectivity index (χ4n) is 2.36. The Balaban J connectivity index is 1.97. The molecular weight excluding hydrogens is 312 g/mol. The van der Waals surface area contributed by atoms with E-state index in [1.807, 2.05) is 37.3 Å². The number of nitrogens with one attached hydrogen (secondary N) is 1. The van der Waals surface area contributed by atoms with Gasteiger partial charge in [0.15, 0.2) is 0 Å². The number of nitrogens with zero attached hydrogens (tertiary/aromatic N) is 1. The van der Waals surface area contributed by atoms with Crippen LogP contribution in [0.3, 0.4) is 0 Å². The first-order valence-corrected chi connectivity index (χ1v) is 7.64. The van der Waals surface area contributed by atoms with Crippen LogP contribution >= 0.6 is 11.6 Å². The molecule has 0 aliphatic heterocycles. The highest BCUT2D eigenvalue weighted by Crippen LogP contribution is 2.29. The fraction of sp³-hybridized carbons (Fsp3) is 0.111. The van der Waals surface area contributed by atoms with E-state index in [4.69, 9.17) is 16.3 Å². The Kier molecular flexibility index (Phi) is 4.44. The molecule has 0 spiro atoms. The van der Waals surface area contributed by atoms with Crippen molar-refractivity contribution in [1.29, 1.82) is 0 Å². The van der Waals surface area contributed by atoms with Crippen LogP contribution in [0.2, 0.25) is 5.02 Å². The Morgan fingerprint density at radius 2 is 2.04 bits per heavy atom. The third-order valence-corrected chi connectivity index (χ3v) is 3.61. The van der Waals surface area contributed by atoms with Gasteiger partial charge < -0.3 is 10.1 Å². The van der Waals surface area contributed by atoms with Crippen LogP contribution < -0.4 is 10.1 Å². The zero-order valence-electron chi connectivity index (χ0n) is 12.5. The van der Waals surface area contributed by atoms with E-state index < -0.39 is 0 Å². The molecule has 5 heteroatoms. The molecule has 3 aromatic rings. The molecule has 0 radical (unpaired) electrons. The second kappa shape index (κ2) is 6.67. The van der Waals surface area contributed by atoms with E-state index in [2.05, 4.69) is 10.3 Å². The zero-order valence-corrected chi connectivity index (χ0v) is 13.3. The summed E-state index contributed by atoms with van der Waals surface area (Å²) >= 11 is 6.02. The number of halogens is 1. The average Bonchev–Trinajstić information content (AvgIpc) is 2.57. The Morgan fingerprint density at radius 1 is 1.22 bits per heavy atom. The highest BCUT2D eigenvalue weighted by molar-refractivity contribution is 6.31. The molecular formula is C18H15ClN2O2. The van der Waals surface area contributed by atoms with Gasteiger partial charge in [-0.15, -0.1) is 0 Å². The number of benzene rings is 2. The van der Waals surface area contributed by atoms with Gasteiger partial charge in [0.05, 0.1) is 12.3 Å². The van der Waals surface area contributed by atoms with Crippen molar-refractivity contribution in [3.8, 4) is 5.75 Å². The maximum absolute atomic E-state index is 12.6. The third-order valence-electron chi connectivity index (χ3n) is 3.38. The maximum Gasteiger partial charge on any atom is 0.275 e. The Hall–Kier alpha value is -2.59. The van der Waals surface area contributed by atoms with Crippen LogP contribution in [-0.2, 0) is 0 Å². The minimum Gasteiger partial charge on any atom is -0.492 e. The van der Waals surface area contributed by atoms with E-state index in [1.165, 1.54) is 0 Å². The molecule has 1 heterocycles. The van der Waals surface area contributed by atoms with E-state index in [0.717, 1.165) is 10.8 Å². The molecule has 1 aromatic heterocycles. The first kappa shape index (κ1) is 15.3. The first-order chi connectivity index (χ1) is 11.2. The SMILES string of the molecule is CCOc1ccc(Cl)cc1NC(=O)c1nccc2ccccc12. The van der Waals surface area contributed by atoms with Crippen LogP contribution in [0.25, 0.3) is 10.8 Å². The van der Waals surface area contributed by atoms with Gasteiger partial charge in [-0.1, -0.05) is 35.9 Å². The van der Waals surface area contributed by atoms with Gasteiger partial charge in [0, 0.05) is 16.6 Å². The number of hydrogen-bond acceptors (Lipinski definition) is 3. The summed E-state index contributed by atoms with van der Waals surface area (Å²) in [6.07, 6.45) is 1.62. The molecule has 0 unspecified atom stereocenters. The van der Waals surface area contributed by atoms with Crippen molar-refractivity contribution in [1.82, 2.24) is 4.98 Å². The molecule has 4 nitrogen and oxygen atoms in total. The van der Waals surface area contributed by atoms with Crippen molar-refractivity contribution in [2.45, 2.75) is 6.92 Å². The van der Waals surface area contributed by atoms with Crippen LogP contribution in [0.1, 0.15) is 17.4 Å². The highest BCUT2D eigenvalue weighted by Gasteiger charge is 2.14. The van der Waals surface area contributed by atoms with Gasteiger partial charge >= 0.3 is 0 Å². The molecule has 0 aliphatic rings. The van der Waals surface area contributed by atoms with Gasteiger partial charge in [0.25, 0.3) is 5.91 Å². The zero-order chi connectivity index (χ0) is 16.2. The van der Waals surface area contributed by atoms with E-state index in [9.17, 15) is 4.79 Å². The van der Waals surface area contributed by atoms with Crippen LogP contribution in [0.5, 0.6) is 5.75 Å². The number of anilines is 1. The predicted octanol–water partition coefficient (Wildman–Crippen LogP) is 4.54. The molecule has 0 fully saturated rings. The number of fused-ring (bicyclic) bond motifs is 1. The lowest BCUT2D eigenvalue weighted by atomic mass is 10.1. The first-order valence-electron chi connectivity index (χ1n) is 7.26. The van der Waals surface area contributed by atoms with Gasteiger partial charge in [-0.05, 0) is 36.6 Å². The number of hydrogen-bond donors (Lipinski definition) is 1. The van der Waals surface area contributed by atoms with Crippen molar-refractivity contribution in [3.05, 3.63) is 65.4 Å². The largest absolute Gasteiger partial charge is 0.492 e. The van der Waals surface area contributed by atoms with Crippen LogP contribution in [0.15, 0.2) is 54.7 Å². The van der Waals surface area contributed by atoms with Crippen LogP contribution in [0.4, 0.5) is 5.69 Å². The number of ether oxygens (including phenoxy) is 1. The Labute approximate surface area is 139 Å². The van der Waals surface area contributed by atoms with Crippen molar-refractivity contribution in [2.75, 3.05) is 11.9 Å². The molecule has 116 valence electrons. The summed E-state index contributed by atoms with van der Waals surface area (Å²) in [5, 5.41) is 5.12. The number of amides is 1. The number of pyridine rings is 1. The molecule has 3 rings (SSSR count). The second-order valence-electron chi connectivity index (χ2n) is 4.91. The molecule has 0 bridgehead atoms. The quantitative estimate of drug-likeness (QED) is 0.765. The van der Waals surface area contributed by atoms with Crippen molar-refractivity contribution in [3.63, 3.8) is 0 Å². The fourth-order valence-corrected chi connectivity index (χ4v) is 2.54. The van der Waals surface area contributed by atoms with Crippen LogP contribution in [0, 0.1) is 0 Å². The summed E-state index contributed by atoms with van der Waals surface area (Å²) in [6, 6.07) is 14.6. The number of carbonyl (C=O) groups is 1. The summed E-state index contributed by atoms with van der Waals surface area (Å²) in [5.41, 5.74) is 0.893. The van der Waals surface area contributed by atoms with E-state index >= 15 is 0 Å². The summed E-state index contributed by atoms with van der Waals surface area (Å²) in [5.74, 6) is 0.274.